The van der Waals surface area contributed by atoms with Crippen LogP contribution in [0.3, 0.4) is 0 Å². The maximum Gasteiger partial charge on any atom is -0.0473 e. The maximum absolute atomic E-state index is 3.36. The molecule has 0 N–H and O–H groups in total. The molecule has 0 atom stereocenters. The van der Waals surface area contributed by atoms with E-state index < -0.39 is 0 Å². The van der Waals surface area contributed by atoms with Gasteiger partial charge in [0.15, 0.2) is 0 Å². The van der Waals surface area contributed by atoms with E-state index in [1.165, 1.54) is 6.42 Å². The topological polar surface area (TPSA) is 0 Å². The Hall–Kier alpha value is -0.260. The first-order valence-electron chi connectivity index (χ1n) is 3.26. The second-order valence-corrected chi connectivity index (χ2v) is 2.21. The highest BCUT2D eigenvalue weighted by atomic mass is 13.9. The van der Waals surface area contributed by atoms with E-state index >= 15 is 0 Å². The molecule has 8 heavy (non-hydrogen) atoms. The van der Waals surface area contributed by atoms with Gasteiger partial charge in [-0.2, -0.15) is 0 Å². The lowest BCUT2D eigenvalue weighted by atomic mass is 10.2. The molecule has 0 heterocycles. The fraction of sp³-hybridized carbons (Fsp3) is 0.750. The third-order valence-corrected chi connectivity index (χ3v) is 0.816. The highest BCUT2D eigenvalue weighted by molar-refractivity contribution is 4.51. The van der Waals surface area contributed by atoms with Crippen molar-refractivity contribution in [3.05, 3.63) is 12.7 Å². The summed E-state index contributed by atoms with van der Waals surface area (Å²) in [6.45, 7) is 11.9. The zero-order valence-corrected chi connectivity index (χ0v) is 6.57. The normalized spacial score (nSPS) is 7.62. The van der Waals surface area contributed by atoms with Crippen molar-refractivity contribution < 1.29 is 0 Å². The van der Waals surface area contributed by atoms with Crippen molar-refractivity contribution in [3.63, 3.8) is 0 Å². The van der Waals surface area contributed by atoms with E-state index in [2.05, 4.69) is 27.4 Å². The van der Waals surface area contributed by atoms with Gasteiger partial charge in [-0.1, -0.05) is 33.3 Å². The van der Waals surface area contributed by atoms with Crippen LogP contribution < -0.4 is 0 Å². The quantitative estimate of drug-likeness (QED) is 0.459. The summed E-state index contributed by atoms with van der Waals surface area (Å²) in [7, 11) is 0. The fourth-order valence-corrected chi connectivity index (χ4v) is 0. The lowest BCUT2D eigenvalue weighted by Crippen LogP contribution is -1.77. The molecule has 0 unspecified atom stereocenters. The first-order valence-corrected chi connectivity index (χ1v) is 3.26. The summed E-state index contributed by atoms with van der Waals surface area (Å²) in [4.78, 5) is 0. The molecule has 0 radical (unpaired) electrons. The number of allylic oxidation sites excluding steroid dienone is 1. The van der Waals surface area contributed by atoms with Crippen molar-refractivity contribution in [1.29, 1.82) is 0 Å². The van der Waals surface area contributed by atoms with Crippen LogP contribution in [0.5, 0.6) is 0 Å². The summed E-state index contributed by atoms with van der Waals surface area (Å²) in [6.07, 6.45) is 3.06. The van der Waals surface area contributed by atoms with Crippen molar-refractivity contribution in [1.82, 2.24) is 0 Å². The molecule has 0 aliphatic carbocycles. The predicted molar refractivity (Wildman–Crippen MR) is 41.0 cm³/mol. The monoisotopic (exact) mass is 114 g/mol. The van der Waals surface area contributed by atoms with Crippen LogP contribution in [0.1, 0.15) is 34.1 Å². The molecule has 0 bridgehead atoms. The minimum absolute atomic E-state index is 0.884. The molecule has 0 aromatic heterocycles. The molecular weight excluding hydrogens is 96.1 g/mol. The largest absolute Gasteiger partial charge is 0.103 e. The van der Waals surface area contributed by atoms with Crippen molar-refractivity contribution >= 4 is 0 Å². The van der Waals surface area contributed by atoms with E-state index in [1.54, 1.807) is 6.08 Å². The second-order valence-electron chi connectivity index (χ2n) is 2.21. The summed E-state index contributed by atoms with van der Waals surface area (Å²) in [5, 5.41) is 0. The molecule has 0 saturated heterocycles. The Morgan fingerprint density at radius 1 is 1.50 bits per heavy atom. The minimum atomic E-state index is 0.884. The van der Waals surface area contributed by atoms with Gasteiger partial charge < -0.3 is 0 Å². The Labute approximate surface area is 53.6 Å². The van der Waals surface area contributed by atoms with E-state index in [4.69, 9.17) is 0 Å². The van der Waals surface area contributed by atoms with E-state index in [1.807, 2.05) is 6.92 Å². The van der Waals surface area contributed by atoms with Crippen LogP contribution in [0.15, 0.2) is 12.7 Å². The maximum atomic E-state index is 3.36. The summed E-state index contributed by atoms with van der Waals surface area (Å²) < 4.78 is 0. The van der Waals surface area contributed by atoms with Crippen LogP contribution in [0, 0.1) is 5.92 Å². The van der Waals surface area contributed by atoms with Crippen molar-refractivity contribution in [2.24, 2.45) is 5.92 Å². The highest BCUT2D eigenvalue weighted by Gasteiger charge is 1.80. The van der Waals surface area contributed by atoms with Crippen molar-refractivity contribution in [2.75, 3.05) is 0 Å². The van der Waals surface area contributed by atoms with E-state index in [0.29, 0.717) is 0 Å². The smallest absolute Gasteiger partial charge is 0.0473 e. The molecule has 0 nitrogen and oxygen atoms in total. The van der Waals surface area contributed by atoms with Gasteiger partial charge in [0.2, 0.25) is 0 Å². The molecule has 0 saturated carbocycles. The van der Waals surface area contributed by atoms with Gasteiger partial charge in [-0.05, 0) is 12.8 Å². The predicted octanol–water partition coefficient (Wildman–Crippen LogP) is 3.24. The molecule has 0 spiro atoms. The molecule has 50 valence electrons. The van der Waals surface area contributed by atoms with Crippen LogP contribution in [-0.4, -0.2) is 0 Å². The first kappa shape index (κ1) is 10.7. The molecule has 0 amide bonds. The van der Waals surface area contributed by atoms with Gasteiger partial charge in [0, 0.05) is 0 Å². The number of rotatable bonds is 1. The summed E-state index contributed by atoms with van der Waals surface area (Å²) in [6, 6.07) is 0. The van der Waals surface area contributed by atoms with Crippen LogP contribution in [0.4, 0.5) is 0 Å². The SMILES string of the molecule is C=CC.CCC(C)C. The summed E-state index contributed by atoms with van der Waals surface area (Å²) in [5.41, 5.74) is 0. The molecular formula is C8H18. The average Bonchev–Trinajstić information content (AvgIpc) is 1.69. The van der Waals surface area contributed by atoms with E-state index in [9.17, 15) is 0 Å². The lowest BCUT2D eigenvalue weighted by Gasteiger charge is -1.90. The molecule has 0 aliphatic heterocycles. The Balaban J connectivity index is 0. The first-order chi connectivity index (χ1) is 3.68. The third-order valence-electron chi connectivity index (χ3n) is 0.816. The van der Waals surface area contributed by atoms with E-state index in [0.717, 1.165) is 5.92 Å². The fourth-order valence-electron chi connectivity index (χ4n) is 0. The van der Waals surface area contributed by atoms with Crippen molar-refractivity contribution in [2.45, 2.75) is 34.1 Å². The Kier molecular flexibility index (Phi) is 13.2. The average molecular weight is 114 g/mol. The molecule has 0 heteroatoms. The Morgan fingerprint density at radius 3 is 1.62 bits per heavy atom. The third kappa shape index (κ3) is 42.6. The van der Waals surface area contributed by atoms with Gasteiger partial charge >= 0.3 is 0 Å². The zero-order valence-electron chi connectivity index (χ0n) is 6.57. The molecule has 0 aliphatic rings. The van der Waals surface area contributed by atoms with Crippen LogP contribution in [0.2, 0.25) is 0 Å². The minimum Gasteiger partial charge on any atom is -0.103 e. The van der Waals surface area contributed by atoms with Crippen LogP contribution in [0.25, 0.3) is 0 Å². The summed E-state index contributed by atoms with van der Waals surface area (Å²) in [5.74, 6) is 0.884. The Bertz CT molecular complexity index is 35.3. The van der Waals surface area contributed by atoms with Gasteiger partial charge in [-0.3, -0.25) is 0 Å². The number of hydrogen-bond acceptors (Lipinski definition) is 0. The zero-order chi connectivity index (χ0) is 6.99. The Morgan fingerprint density at radius 2 is 1.62 bits per heavy atom. The second kappa shape index (κ2) is 9.88. The molecule has 0 aromatic rings. The van der Waals surface area contributed by atoms with Gasteiger partial charge in [-0.25, -0.2) is 0 Å². The van der Waals surface area contributed by atoms with Gasteiger partial charge in [-0.15, -0.1) is 6.58 Å². The molecule has 0 rings (SSSR count). The molecule has 0 fully saturated rings. The summed E-state index contributed by atoms with van der Waals surface area (Å²) >= 11 is 0. The van der Waals surface area contributed by atoms with Gasteiger partial charge in [0.1, 0.15) is 0 Å². The standard InChI is InChI=1S/C5H12.C3H6/c1-4-5(2)3;1-3-2/h5H,4H2,1-3H3;3H,1H2,2H3. The van der Waals surface area contributed by atoms with Gasteiger partial charge in [0.05, 0.1) is 0 Å². The van der Waals surface area contributed by atoms with Gasteiger partial charge in [0.25, 0.3) is 0 Å². The molecule has 0 aromatic carbocycles. The van der Waals surface area contributed by atoms with E-state index in [-0.39, 0.29) is 0 Å². The highest BCUT2D eigenvalue weighted by Crippen LogP contribution is 1.93. The van der Waals surface area contributed by atoms with Crippen LogP contribution >= 0.6 is 0 Å². The number of hydrogen-bond donors (Lipinski definition) is 0. The lowest BCUT2D eigenvalue weighted by molar-refractivity contribution is 0.626. The van der Waals surface area contributed by atoms with Crippen LogP contribution in [-0.2, 0) is 0 Å². The van der Waals surface area contributed by atoms with Crippen molar-refractivity contribution in [3.8, 4) is 0 Å².